The molecule has 0 unspecified atom stereocenters. The summed E-state index contributed by atoms with van der Waals surface area (Å²) in [6.45, 7) is 3.27. The van der Waals surface area contributed by atoms with Crippen LogP contribution in [0.1, 0.15) is 44.1 Å². The minimum absolute atomic E-state index is 0.924. The highest BCUT2D eigenvalue weighted by Gasteiger charge is 2.16. The van der Waals surface area contributed by atoms with E-state index in [1.165, 1.54) is 31.5 Å². The number of hydrogen-bond acceptors (Lipinski definition) is 2. The van der Waals surface area contributed by atoms with Crippen molar-refractivity contribution in [2.45, 2.75) is 52.0 Å². The average Bonchev–Trinajstić information content (AvgIpc) is 2.54. The summed E-state index contributed by atoms with van der Waals surface area (Å²) in [6.07, 6.45) is 7.07. The third-order valence-corrected chi connectivity index (χ3v) is 2.96. The van der Waals surface area contributed by atoms with E-state index < -0.39 is 0 Å². The molecule has 0 atom stereocenters. The fourth-order valence-electron chi connectivity index (χ4n) is 2.09. The Morgan fingerprint density at radius 1 is 1.43 bits per heavy atom. The van der Waals surface area contributed by atoms with Gasteiger partial charge in [-0.15, -0.1) is 0 Å². The summed E-state index contributed by atoms with van der Waals surface area (Å²) < 4.78 is 2.20. The standard InChI is InChI=1S/C11H19N3/c1-2-3-6-9-11(12)14-8-5-4-7-10(14)13-9/h2-8,12H2,1H3. The molecule has 2 N–H and O–H groups in total. The number of nitrogens with two attached hydrogens (primary N) is 1. The van der Waals surface area contributed by atoms with E-state index in [-0.39, 0.29) is 0 Å². The molecule has 2 heterocycles. The van der Waals surface area contributed by atoms with Crippen LogP contribution in [0.15, 0.2) is 0 Å². The predicted molar refractivity (Wildman–Crippen MR) is 58.2 cm³/mol. The van der Waals surface area contributed by atoms with Crippen LogP contribution in [0.4, 0.5) is 5.82 Å². The number of aryl methyl sites for hydroxylation is 2. The van der Waals surface area contributed by atoms with Crippen molar-refractivity contribution in [1.29, 1.82) is 0 Å². The summed E-state index contributed by atoms with van der Waals surface area (Å²) >= 11 is 0. The first-order valence-electron chi connectivity index (χ1n) is 5.66. The van der Waals surface area contributed by atoms with Gasteiger partial charge in [0.15, 0.2) is 0 Å². The van der Waals surface area contributed by atoms with Gasteiger partial charge in [-0.1, -0.05) is 13.3 Å². The molecule has 1 aliphatic heterocycles. The Hall–Kier alpha value is -0.990. The van der Waals surface area contributed by atoms with Gasteiger partial charge in [0.1, 0.15) is 11.6 Å². The fourth-order valence-corrected chi connectivity index (χ4v) is 2.09. The monoisotopic (exact) mass is 193 g/mol. The molecular weight excluding hydrogens is 174 g/mol. The maximum absolute atomic E-state index is 6.07. The zero-order valence-electron chi connectivity index (χ0n) is 8.92. The molecule has 0 fully saturated rings. The lowest BCUT2D eigenvalue weighted by Gasteiger charge is -2.14. The summed E-state index contributed by atoms with van der Waals surface area (Å²) in [5, 5.41) is 0. The zero-order valence-corrected chi connectivity index (χ0v) is 8.92. The molecule has 14 heavy (non-hydrogen) atoms. The minimum atomic E-state index is 0.924. The molecule has 3 nitrogen and oxygen atoms in total. The average molecular weight is 193 g/mol. The molecule has 0 saturated heterocycles. The van der Waals surface area contributed by atoms with Crippen LogP contribution in [0.3, 0.4) is 0 Å². The first-order valence-corrected chi connectivity index (χ1v) is 5.66. The summed E-state index contributed by atoms with van der Waals surface area (Å²) in [4.78, 5) is 4.63. The third kappa shape index (κ3) is 1.63. The van der Waals surface area contributed by atoms with Crippen LogP contribution in [-0.4, -0.2) is 9.55 Å². The Morgan fingerprint density at radius 2 is 2.29 bits per heavy atom. The van der Waals surface area contributed by atoms with E-state index in [0.717, 1.165) is 30.9 Å². The Morgan fingerprint density at radius 3 is 3.00 bits per heavy atom. The van der Waals surface area contributed by atoms with E-state index in [1.54, 1.807) is 0 Å². The number of rotatable bonds is 3. The molecule has 0 aromatic carbocycles. The SMILES string of the molecule is CCCCc1nc2n(c1N)CCCC2. The third-order valence-electron chi connectivity index (χ3n) is 2.96. The van der Waals surface area contributed by atoms with E-state index in [4.69, 9.17) is 5.73 Å². The van der Waals surface area contributed by atoms with Gasteiger partial charge in [0, 0.05) is 13.0 Å². The van der Waals surface area contributed by atoms with Crippen molar-refractivity contribution in [3.63, 3.8) is 0 Å². The van der Waals surface area contributed by atoms with E-state index in [1.807, 2.05) is 0 Å². The number of fused-ring (bicyclic) bond motifs is 1. The molecule has 0 amide bonds. The summed E-state index contributed by atoms with van der Waals surface area (Å²) in [5.74, 6) is 2.13. The Balaban J connectivity index is 2.20. The van der Waals surface area contributed by atoms with Gasteiger partial charge in [-0.25, -0.2) is 4.98 Å². The Kier molecular flexibility index (Phi) is 2.75. The van der Waals surface area contributed by atoms with Gasteiger partial charge in [-0.2, -0.15) is 0 Å². The summed E-state index contributed by atoms with van der Waals surface area (Å²) in [7, 11) is 0. The molecule has 1 aliphatic rings. The van der Waals surface area contributed by atoms with Gasteiger partial charge in [0.25, 0.3) is 0 Å². The van der Waals surface area contributed by atoms with Gasteiger partial charge in [-0.3, -0.25) is 0 Å². The van der Waals surface area contributed by atoms with Crippen molar-refractivity contribution in [3.8, 4) is 0 Å². The van der Waals surface area contributed by atoms with Crippen molar-refractivity contribution >= 4 is 5.82 Å². The maximum Gasteiger partial charge on any atom is 0.126 e. The van der Waals surface area contributed by atoms with Crippen LogP contribution < -0.4 is 5.73 Å². The van der Waals surface area contributed by atoms with Gasteiger partial charge < -0.3 is 10.3 Å². The van der Waals surface area contributed by atoms with Crippen molar-refractivity contribution in [1.82, 2.24) is 9.55 Å². The zero-order chi connectivity index (χ0) is 9.97. The highest BCUT2D eigenvalue weighted by molar-refractivity contribution is 5.38. The molecule has 0 spiro atoms. The molecule has 1 aromatic rings. The number of aromatic nitrogens is 2. The van der Waals surface area contributed by atoms with Crippen LogP contribution >= 0.6 is 0 Å². The molecule has 2 rings (SSSR count). The highest BCUT2D eigenvalue weighted by Crippen LogP contribution is 2.22. The molecular formula is C11H19N3. The van der Waals surface area contributed by atoms with Crippen LogP contribution in [0.5, 0.6) is 0 Å². The van der Waals surface area contributed by atoms with Crippen LogP contribution in [0.2, 0.25) is 0 Å². The second-order valence-electron chi connectivity index (χ2n) is 4.07. The lowest BCUT2D eigenvalue weighted by atomic mass is 10.2. The predicted octanol–water partition coefficient (Wildman–Crippen LogP) is 2.14. The van der Waals surface area contributed by atoms with Gasteiger partial charge in [-0.05, 0) is 25.7 Å². The quantitative estimate of drug-likeness (QED) is 0.799. The fraction of sp³-hybridized carbons (Fsp3) is 0.727. The normalized spacial score (nSPS) is 15.5. The first kappa shape index (κ1) is 9.56. The van der Waals surface area contributed by atoms with Crippen LogP contribution in [-0.2, 0) is 19.4 Å². The van der Waals surface area contributed by atoms with Crippen molar-refractivity contribution < 1.29 is 0 Å². The maximum atomic E-state index is 6.07. The van der Waals surface area contributed by atoms with Gasteiger partial charge >= 0.3 is 0 Å². The van der Waals surface area contributed by atoms with E-state index >= 15 is 0 Å². The van der Waals surface area contributed by atoms with E-state index in [2.05, 4.69) is 16.5 Å². The Labute approximate surface area is 85.3 Å². The van der Waals surface area contributed by atoms with Crippen molar-refractivity contribution in [2.24, 2.45) is 0 Å². The minimum Gasteiger partial charge on any atom is -0.384 e. The van der Waals surface area contributed by atoms with Crippen LogP contribution in [0, 0.1) is 0 Å². The van der Waals surface area contributed by atoms with Crippen LogP contribution in [0.25, 0.3) is 0 Å². The second-order valence-corrected chi connectivity index (χ2v) is 4.07. The number of imidazole rings is 1. The smallest absolute Gasteiger partial charge is 0.126 e. The Bertz CT molecular complexity index is 315. The largest absolute Gasteiger partial charge is 0.384 e. The first-order chi connectivity index (χ1) is 6.83. The molecule has 0 aliphatic carbocycles. The molecule has 1 aromatic heterocycles. The van der Waals surface area contributed by atoms with Gasteiger partial charge in [0.05, 0.1) is 5.69 Å². The van der Waals surface area contributed by atoms with E-state index in [9.17, 15) is 0 Å². The topological polar surface area (TPSA) is 43.8 Å². The van der Waals surface area contributed by atoms with Crippen molar-refractivity contribution in [2.75, 3.05) is 5.73 Å². The number of anilines is 1. The molecule has 78 valence electrons. The lowest BCUT2D eigenvalue weighted by Crippen LogP contribution is -2.12. The highest BCUT2D eigenvalue weighted by atomic mass is 15.1. The number of nitrogen functional groups attached to an aromatic ring is 1. The molecule has 0 bridgehead atoms. The molecule has 0 radical (unpaired) electrons. The number of unbranched alkanes of at least 4 members (excludes halogenated alkanes) is 1. The molecule has 3 heteroatoms. The number of nitrogens with zero attached hydrogens (tertiary/aromatic N) is 2. The van der Waals surface area contributed by atoms with Crippen molar-refractivity contribution in [3.05, 3.63) is 11.5 Å². The lowest BCUT2D eigenvalue weighted by molar-refractivity contribution is 0.527. The van der Waals surface area contributed by atoms with Gasteiger partial charge in [0.2, 0.25) is 0 Å². The molecule has 0 saturated carbocycles. The summed E-state index contributed by atoms with van der Waals surface area (Å²) in [6, 6.07) is 0. The van der Waals surface area contributed by atoms with E-state index in [0.29, 0.717) is 0 Å². The second kappa shape index (κ2) is 4.03. The summed E-state index contributed by atoms with van der Waals surface area (Å²) in [5.41, 5.74) is 7.19. The number of hydrogen-bond donors (Lipinski definition) is 1.